The number of anilines is 1. The second-order valence-corrected chi connectivity index (χ2v) is 4.50. The van der Waals surface area contributed by atoms with Gasteiger partial charge in [0.25, 0.3) is 5.91 Å². The molecule has 0 unspecified atom stereocenters. The number of carbonyl (C=O) groups excluding carboxylic acids is 1. The van der Waals surface area contributed by atoms with Gasteiger partial charge in [-0.2, -0.15) is 5.10 Å². The summed E-state index contributed by atoms with van der Waals surface area (Å²) < 4.78 is 27.8. The molecule has 2 aromatic rings. The third kappa shape index (κ3) is 2.76. The van der Waals surface area contributed by atoms with Crippen LogP contribution in [0.4, 0.5) is 14.5 Å². The number of rotatable bonds is 3. The van der Waals surface area contributed by atoms with E-state index in [9.17, 15) is 13.6 Å². The number of nitrogens with zero attached hydrogens (tertiary/aromatic N) is 3. The Morgan fingerprint density at radius 2 is 2.15 bits per heavy atom. The highest BCUT2D eigenvalue weighted by atomic mass is 19.1. The number of nitrogen functional groups attached to an aromatic ring is 1. The van der Waals surface area contributed by atoms with Crippen LogP contribution in [0.15, 0.2) is 24.4 Å². The van der Waals surface area contributed by atoms with E-state index in [4.69, 9.17) is 5.73 Å². The first-order chi connectivity index (χ1) is 9.38. The Hall–Kier alpha value is -2.44. The molecule has 1 aromatic heterocycles. The van der Waals surface area contributed by atoms with Crippen molar-refractivity contribution in [1.29, 1.82) is 0 Å². The zero-order valence-corrected chi connectivity index (χ0v) is 11.1. The van der Waals surface area contributed by atoms with Crippen LogP contribution in [-0.2, 0) is 13.6 Å². The van der Waals surface area contributed by atoms with Gasteiger partial charge in [0.2, 0.25) is 0 Å². The Morgan fingerprint density at radius 3 is 2.70 bits per heavy atom. The van der Waals surface area contributed by atoms with E-state index in [-0.39, 0.29) is 23.5 Å². The molecule has 7 heteroatoms. The average molecular weight is 280 g/mol. The number of benzene rings is 1. The standard InChI is InChI=1S/C13H14F2N4O/c1-18(6-8-3-4-9(14)5-10(8)15)13(20)12-11(16)7-19(2)17-12/h3-5,7H,6,16H2,1-2H3. The molecule has 0 radical (unpaired) electrons. The molecule has 0 spiro atoms. The summed E-state index contributed by atoms with van der Waals surface area (Å²) >= 11 is 0. The number of carbonyl (C=O) groups is 1. The predicted octanol–water partition coefficient (Wildman–Crippen LogP) is 1.55. The topological polar surface area (TPSA) is 64.2 Å². The van der Waals surface area contributed by atoms with Gasteiger partial charge in [0.15, 0.2) is 5.69 Å². The summed E-state index contributed by atoms with van der Waals surface area (Å²) in [6.07, 6.45) is 1.51. The number of aromatic nitrogens is 2. The smallest absolute Gasteiger partial charge is 0.276 e. The number of hydrogen-bond donors (Lipinski definition) is 1. The van der Waals surface area contributed by atoms with Crippen LogP contribution in [0.5, 0.6) is 0 Å². The average Bonchev–Trinajstić information content (AvgIpc) is 2.71. The molecule has 2 N–H and O–H groups in total. The fourth-order valence-corrected chi connectivity index (χ4v) is 1.83. The summed E-state index contributed by atoms with van der Waals surface area (Å²) in [5, 5.41) is 3.96. The van der Waals surface area contributed by atoms with Gasteiger partial charge in [0.1, 0.15) is 11.6 Å². The SMILES string of the molecule is CN(Cc1ccc(F)cc1F)C(=O)c1nn(C)cc1N. The van der Waals surface area contributed by atoms with Crippen LogP contribution >= 0.6 is 0 Å². The van der Waals surface area contributed by atoms with Crippen molar-refractivity contribution in [3.05, 3.63) is 47.3 Å². The molecule has 0 fully saturated rings. The number of hydrogen-bond acceptors (Lipinski definition) is 3. The lowest BCUT2D eigenvalue weighted by Crippen LogP contribution is -2.27. The van der Waals surface area contributed by atoms with Crippen LogP contribution in [0.2, 0.25) is 0 Å². The Labute approximate surface area is 114 Å². The molecule has 1 amide bonds. The molecule has 0 aliphatic carbocycles. The van der Waals surface area contributed by atoms with Crippen LogP contribution in [0.3, 0.4) is 0 Å². The van der Waals surface area contributed by atoms with Crippen molar-refractivity contribution in [2.45, 2.75) is 6.54 Å². The highest BCUT2D eigenvalue weighted by Gasteiger charge is 2.19. The molecule has 0 bridgehead atoms. The summed E-state index contributed by atoms with van der Waals surface area (Å²) in [6, 6.07) is 3.23. The van der Waals surface area contributed by atoms with E-state index in [0.29, 0.717) is 0 Å². The Bertz CT molecular complexity index is 654. The lowest BCUT2D eigenvalue weighted by molar-refractivity contribution is 0.0778. The maximum atomic E-state index is 13.5. The van der Waals surface area contributed by atoms with Gasteiger partial charge >= 0.3 is 0 Å². The lowest BCUT2D eigenvalue weighted by atomic mass is 10.2. The zero-order valence-electron chi connectivity index (χ0n) is 11.1. The van der Waals surface area contributed by atoms with Gasteiger partial charge in [-0.3, -0.25) is 9.48 Å². The first-order valence-electron chi connectivity index (χ1n) is 5.87. The second kappa shape index (κ2) is 5.28. The maximum Gasteiger partial charge on any atom is 0.276 e. The summed E-state index contributed by atoms with van der Waals surface area (Å²) in [6.45, 7) is 0.000953. The van der Waals surface area contributed by atoms with Gasteiger partial charge in [-0.05, 0) is 6.07 Å². The molecule has 106 valence electrons. The third-order valence-electron chi connectivity index (χ3n) is 2.83. The van der Waals surface area contributed by atoms with Crippen molar-refractivity contribution >= 4 is 11.6 Å². The minimum atomic E-state index is -0.696. The van der Waals surface area contributed by atoms with Gasteiger partial charge in [0.05, 0.1) is 5.69 Å². The van der Waals surface area contributed by atoms with Crippen molar-refractivity contribution < 1.29 is 13.6 Å². The van der Waals surface area contributed by atoms with Gasteiger partial charge < -0.3 is 10.6 Å². The van der Waals surface area contributed by atoms with Gasteiger partial charge in [-0.1, -0.05) is 6.07 Å². The Kier molecular flexibility index (Phi) is 3.69. The molecule has 0 aliphatic rings. The van der Waals surface area contributed by atoms with Crippen LogP contribution in [0.25, 0.3) is 0 Å². The first-order valence-corrected chi connectivity index (χ1v) is 5.87. The molecule has 0 atom stereocenters. The summed E-state index contributed by atoms with van der Waals surface area (Å²) in [4.78, 5) is 13.4. The number of aryl methyl sites for hydroxylation is 1. The van der Waals surface area contributed by atoms with Crippen molar-refractivity contribution in [1.82, 2.24) is 14.7 Å². The van der Waals surface area contributed by atoms with Crippen molar-refractivity contribution in [3.8, 4) is 0 Å². The molecule has 20 heavy (non-hydrogen) atoms. The van der Waals surface area contributed by atoms with E-state index in [1.54, 1.807) is 7.05 Å². The van der Waals surface area contributed by atoms with Gasteiger partial charge in [-0.15, -0.1) is 0 Å². The molecule has 1 aromatic carbocycles. The molecule has 0 aliphatic heterocycles. The molecule has 1 heterocycles. The fraction of sp³-hybridized carbons (Fsp3) is 0.231. The van der Waals surface area contributed by atoms with Crippen molar-refractivity contribution in [2.24, 2.45) is 7.05 Å². The largest absolute Gasteiger partial charge is 0.396 e. The molecule has 0 saturated carbocycles. The molecular formula is C13H14F2N4O. The Balaban J connectivity index is 2.17. The molecule has 0 saturated heterocycles. The van der Waals surface area contributed by atoms with Crippen LogP contribution in [0.1, 0.15) is 16.1 Å². The lowest BCUT2D eigenvalue weighted by Gasteiger charge is -2.16. The van der Waals surface area contributed by atoms with E-state index < -0.39 is 17.5 Å². The van der Waals surface area contributed by atoms with E-state index in [1.807, 2.05) is 0 Å². The highest BCUT2D eigenvalue weighted by molar-refractivity contribution is 5.96. The Morgan fingerprint density at radius 1 is 1.45 bits per heavy atom. The van der Waals surface area contributed by atoms with E-state index in [0.717, 1.165) is 12.1 Å². The molecule has 2 rings (SSSR count). The maximum absolute atomic E-state index is 13.5. The van der Waals surface area contributed by atoms with Crippen molar-refractivity contribution in [2.75, 3.05) is 12.8 Å². The summed E-state index contributed by atoms with van der Waals surface area (Å²) in [7, 11) is 3.14. The second-order valence-electron chi connectivity index (χ2n) is 4.50. The third-order valence-corrected chi connectivity index (χ3v) is 2.83. The van der Waals surface area contributed by atoms with E-state index >= 15 is 0 Å². The van der Waals surface area contributed by atoms with Crippen molar-refractivity contribution in [3.63, 3.8) is 0 Å². The van der Waals surface area contributed by atoms with Crippen LogP contribution in [0, 0.1) is 11.6 Å². The monoisotopic (exact) mass is 280 g/mol. The molecule has 5 nitrogen and oxygen atoms in total. The normalized spacial score (nSPS) is 10.6. The quantitative estimate of drug-likeness (QED) is 0.927. The first kappa shape index (κ1) is 14.0. The fourth-order valence-electron chi connectivity index (χ4n) is 1.83. The van der Waals surface area contributed by atoms with Crippen LogP contribution in [-0.4, -0.2) is 27.6 Å². The molecular weight excluding hydrogens is 266 g/mol. The number of halogens is 2. The van der Waals surface area contributed by atoms with E-state index in [2.05, 4.69) is 5.10 Å². The minimum absolute atomic E-state index is 0.000953. The summed E-state index contributed by atoms with van der Waals surface area (Å²) in [5.74, 6) is -1.78. The predicted molar refractivity (Wildman–Crippen MR) is 69.8 cm³/mol. The van der Waals surface area contributed by atoms with Gasteiger partial charge in [-0.25, -0.2) is 8.78 Å². The van der Waals surface area contributed by atoms with E-state index in [1.165, 1.54) is 28.9 Å². The van der Waals surface area contributed by atoms with Gasteiger partial charge in [0, 0.05) is 38.5 Å². The number of amides is 1. The van der Waals surface area contributed by atoms with Crippen LogP contribution < -0.4 is 5.73 Å². The number of nitrogens with two attached hydrogens (primary N) is 1. The minimum Gasteiger partial charge on any atom is -0.396 e. The zero-order chi connectivity index (χ0) is 14.9. The highest BCUT2D eigenvalue weighted by Crippen LogP contribution is 2.15. The summed E-state index contributed by atoms with van der Waals surface area (Å²) in [5.41, 5.74) is 6.25.